The van der Waals surface area contributed by atoms with Gasteiger partial charge >= 0.3 is 0 Å². The lowest BCUT2D eigenvalue weighted by Crippen LogP contribution is -2.38. The van der Waals surface area contributed by atoms with Gasteiger partial charge in [0.1, 0.15) is 0 Å². The Kier molecular flexibility index (Phi) is 6.08. The Morgan fingerprint density at radius 1 is 1.35 bits per heavy atom. The lowest BCUT2D eigenvalue weighted by atomic mass is 10.1. The van der Waals surface area contributed by atoms with Crippen LogP contribution in [0.3, 0.4) is 0 Å². The summed E-state index contributed by atoms with van der Waals surface area (Å²) in [7, 11) is 0. The molecule has 1 N–H and O–H groups in total. The Balaban J connectivity index is 1.92. The summed E-state index contributed by atoms with van der Waals surface area (Å²) in [5.41, 5.74) is 0. The maximum atomic E-state index is 8.78. The van der Waals surface area contributed by atoms with E-state index in [0.717, 1.165) is 50.5 Å². The van der Waals surface area contributed by atoms with Crippen LogP contribution in [0.2, 0.25) is 0 Å². The summed E-state index contributed by atoms with van der Waals surface area (Å²) in [6.07, 6.45) is 4.98. The number of ether oxygens (including phenoxy) is 2. The van der Waals surface area contributed by atoms with Gasteiger partial charge in [-0.05, 0) is 31.4 Å². The topological polar surface area (TPSA) is 54.8 Å². The summed E-state index contributed by atoms with van der Waals surface area (Å²) in [6, 6.07) is 3.89. The van der Waals surface area contributed by atoms with Crippen LogP contribution in [-0.2, 0) is 4.74 Å². The van der Waals surface area contributed by atoms with E-state index in [1.807, 2.05) is 18.3 Å². The number of hydrogen-bond acceptors (Lipinski definition) is 5. The third-order valence-electron chi connectivity index (χ3n) is 3.40. The minimum Gasteiger partial charge on any atom is -0.490 e. The van der Waals surface area contributed by atoms with E-state index in [0.29, 0.717) is 6.61 Å². The molecular weight excluding hydrogens is 256 g/mol. The summed E-state index contributed by atoms with van der Waals surface area (Å²) in [5.74, 6) is 1.80. The first-order valence-corrected chi connectivity index (χ1v) is 7.40. The number of anilines is 1. The normalized spacial score (nSPS) is 16.4. The molecule has 1 fully saturated rings. The molecule has 1 aliphatic heterocycles. The zero-order chi connectivity index (χ0) is 14.2. The van der Waals surface area contributed by atoms with Gasteiger partial charge in [0.05, 0.1) is 25.9 Å². The van der Waals surface area contributed by atoms with Crippen LogP contribution in [0.15, 0.2) is 18.3 Å². The molecule has 0 amide bonds. The lowest BCUT2D eigenvalue weighted by Gasteiger charge is -2.33. The molecule has 0 aliphatic carbocycles. The van der Waals surface area contributed by atoms with Crippen molar-refractivity contribution in [2.75, 3.05) is 37.8 Å². The van der Waals surface area contributed by atoms with Crippen molar-refractivity contribution in [3.05, 3.63) is 18.3 Å². The van der Waals surface area contributed by atoms with E-state index in [4.69, 9.17) is 14.6 Å². The van der Waals surface area contributed by atoms with E-state index in [1.165, 1.54) is 0 Å². The first-order valence-electron chi connectivity index (χ1n) is 7.40. The van der Waals surface area contributed by atoms with E-state index >= 15 is 0 Å². The largest absolute Gasteiger partial charge is 0.490 e. The number of aliphatic hydroxyl groups is 1. The smallest absolute Gasteiger partial charge is 0.171 e. The first-order chi connectivity index (χ1) is 9.85. The van der Waals surface area contributed by atoms with Gasteiger partial charge in [0.2, 0.25) is 0 Å². The van der Waals surface area contributed by atoms with Gasteiger partial charge < -0.3 is 19.5 Å². The fourth-order valence-electron chi connectivity index (χ4n) is 2.40. The number of nitrogens with zero attached hydrogens (tertiary/aromatic N) is 2. The predicted molar refractivity (Wildman–Crippen MR) is 78.3 cm³/mol. The molecule has 20 heavy (non-hydrogen) atoms. The second kappa shape index (κ2) is 8.07. The molecule has 0 atom stereocenters. The molecule has 0 unspecified atom stereocenters. The molecule has 2 rings (SSSR count). The van der Waals surface area contributed by atoms with Crippen molar-refractivity contribution in [1.29, 1.82) is 0 Å². The van der Waals surface area contributed by atoms with Crippen LogP contribution < -0.4 is 9.64 Å². The van der Waals surface area contributed by atoms with Gasteiger partial charge in [-0.15, -0.1) is 0 Å². The number of aromatic nitrogens is 1. The van der Waals surface area contributed by atoms with Gasteiger partial charge in [0.15, 0.2) is 11.6 Å². The van der Waals surface area contributed by atoms with Crippen molar-refractivity contribution in [2.24, 2.45) is 0 Å². The monoisotopic (exact) mass is 280 g/mol. The number of piperidine rings is 1. The molecule has 1 aromatic heterocycles. The number of pyridine rings is 1. The second-order valence-corrected chi connectivity index (χ2v) is 4.95. The fourth-order valence-corrected chi connectivity index (χ4v) is 2.40. The highest BCUT2D eigenvalue weighted by Crippen LogP contribution is 2.28. The molecule has 1 aliphatic rings. The van der Waals surface area contributed by atoms with E-state index in [1.54, 1.807) is 0 Å². The molecule has 0 radical (unpaired) electrons. The van der Waals surface area contributed by atoms with Gasteiger partial charge in [-0.2, -0.15) is 0 Å². The molecule has 1 saturated heterocycles. The molecule has 2 heterocycles. The standard InChI is InChI=1S/C15H24N2O3/c1-2-11-20-14-4-3-7-16-15(14)17-8-5-13(6-9-17)19-12-10-18/h3-4,7,13,18H,2,5-6,8-12H2,1H3. The molecule has 1 aromatic rings. The summed E-state index contributed by atoms with van der Waals surface area (Å²) in [6.45, 7) is 5.16. The molecule has 5 heteroatoms. The zero-order valence-corrected chi connectivity index (χ0v) is 12.1. The molecule has 0 spiro atoms. The maximum Gasteiger partial charge on any atom is 0.171 e. The molecule has 0 saturated carbocycles. The van der Waals surface area contributed by atoms with Crippen LogP contribution in [0.5, 0.6) is 5.75 Å². The molecule has 0 aromatic carbocycles. The van der Waals surface area contributed by atoms with Crippen LogP contribution in [-0.4, -0.2) is 49.1 Å². The summed E-state index contributed by atoms with van der Waals surface area (Å²) < 4.78 is 11.3. The van der Waals surface area contributed by atoms with Crippen LogP contribution in [0, 0.1) is 0 Å². The van der Waals surface area contributed by atoms with Gasteiger partial charge in [0.25, 0.3) is 0 Å². The van der Waals surface area contributed by atoms with Crippen molar-refractivity contribution in [2.45, 2.75) is 32.3 Å². The lowest BCUT2D eigenvalue weighted by molar-refractivity contribution is 0.0158. The van der Waals surface area contributed by atoms with Crippen molar-refractivity contribution in [3.8, 4) is 5.75 Å². The molecular formula is C15H24N2O3. The quantitative estimate of drug-likeness (QED) is 0.826. The highest BCUT2D eigenvalue weighted by atomic mass is 16.5. The minimum absolute atomic E-state index is 0.0927. The third-order valence-corrected chi connectivity index (χ3v) is 3.40. The van der Waals surface area contributed by atoms with Gasteiger partial charge in [-0.1, -0.05) is 6.92 Å². The minimum atomic E-state index is 0.0927. The molecule has 0 bridgehead atoms. The van der Waals surface area contributed by atoms with Gasteiger partial charge in [-0.3, -0.25) is 0 Å². The van der Waals surface area contributed by atoms with Crippen LogP contribution in [0.1, 0.15) is 26.2 Å². The Bertz CT molecular complexity index is 392. The second-order valence-electron chi connectivity index (χ2n) is 4.95. The number of hydrogen-bond donors (Lipinski definition) is 1. The average molecular weight is 280 g/mol. The summed E-state index contributed by atoms with van der Waals surface area (Å²) in [4.78, 5) is 6.72. The Hall–Kier alpha value is -1.33. The highest BCUT2D eigenvalue weighted by molar-refractivity contribution is 5.52. The third kappa shape index (κ3) is 4.08. The van der Waals surface area contributed by atoms with Gasteiger partial charge in [-0.25, -0.2) is 4.98 Å². The Morgan fingerprint density at radius 3 is 2.85 bits per heavy atom. The SMILES string of the molecule is CCCOc1cccnc1N1CCC(OCCO)CC1. The number of rotatable bonds is 7. The van der Waals surface area contributed by atoms with Crippen molar-refractivity contribution in [3.63, 3.8) is 0 Å². The fraction of sp³-hybridized carbons (Fsp3) is 0.667. The summed E-state index contributed by atoms with van der Waals surface area (Å²) in [5, 5.41) is 8.78. The van der Waals surface area contributed by atoms with E-state index < -0.39 is 0 Å². The van der Waals surface area contributed by atoms with Crippen molar-refractivity contribution >= 4 is 5.82 Å². The van der Waals surface area contributed by atoms with E-state index in [2.05, 4.69) is 16.8 Å². The number of aliphatic hydroxyl groups excluding tert-OH is 1. The zero-order valence-electron chi connectivity index (χ0n) is 12.1. The molecule has 5 nitrogen and oxygen atoms in total. The Morgan fingerprint density at radius 2 is 2.15 bits per heavy atom. The van der Waals surface area contributed by atoms with Crippen LogP contribution in [0.25, 0.3) is 0 Å². The Labute approximate surface area is 120 Å². The average Bonchev–Trinajstić information content (AvgIpc) is 2.52. The highest BCUT2D eigenvalue weighted by Gasteiger charge is 2.22. The summed E-state index contributed by atoms with van der Waals surface area (Å²) >= 11 is 0. The first kappa shape index (κ1) is 15.1. The van der Waals surface area contributed by atoms with Gasteiger partial charge in [0, 0.05) is 19.3 Å². The predicted octanol–water partition coefficient (Wildman–Crippen LogP) is 1.85. The van der Waals surface area contributed by atoms with E-state index in [-0.39, 0.29) is 12.7 Å². The molecule has 112 valence electrons. The van der Waals surface area contributed by atoms with Crippen LogP contribution >= 0.6 is 0 Å². The van der Waals surface area contributed by atoms with E-state index in [9.17, 15) is 0 Å². The maximum absolute atomic E-state index is 8.78. The van der Waals surface area contributed by atoms with Crippen molar-refractivity contribution < 1.29 is 14.6 Å². The van der Waals surface area contributed by atoms with Crippen LogP contribution in [0.4, 0.5) is 5.82 Å². The van der Waals surface area contributed by atoms with Crippen molar-refractivity contribution in [1.82, 2.24) is 4.98 Å².